The number of aromatic nitrogens is 2. The van der Waals surface area contributed by atoms with Crippen molar-refractivity contribution in [1.29, 1.82) is 0 Å². The third kappa shape index (κ3) is 7.41. The number of carbonyl (C=O) groups excluding carboxylic acids is 1. The number of nitrogens with one attached hydrogen (secondary N) is 3. The van der Waals surface area contributed by atoms with Gasteiger partial charge in [-0.2, -0.15) is 4.98 Å². The minimum atomic E-state index is -4.89. The number of urea groups is 1. The third-order valence-corrected chi connectivity index (χ3v) is 5.42. The topological polar surface area (TPSA) is 116 Å². The molecule has 0 spiro atoms. The van der Waals surface area contributed by atoms with Crippen molar-refractivity contribution in [3.05, 3.63) is 66.4 Å². The van der Waals surface area contributed by atoms with Crippen LogP contribution in [0.25, 0.3) is 10.8 Å². The fourth-order valence-electron chi connectivity index (χ4n) is 3.78. The van der Waals surface area contributed by atoms with Crippen LogP contribution in [0.5, 0.6) is 23.1 Å². The smallest absolute Gasteiger partial charge is 0.495 e. The minimum absolute atomic E-state index is 0.0138. The van der Waals surface area contributed by atoms with E-state index in [1.807, 2.05) is 19.1 Å². The molecule has 0 aliphatic rings. The van der Waals surface area contributed by atoms with Gasteiger partial charge in [0, 0.05) is 42.3 Å². The van der Waals surface area contributed by atoms with Gasteiger partial charge in [0.25, 0.3) is 0 Å². The Morgan fingerprint density at radius 2 is 1.62 bits per heavy atom. The van der Waals surface area contributed by atoms with Crippen LogP contribution < -0.4 is 30.2 Å². The number of fused-ring (bicyclic) bond motifs is 1. The van der Waals surface area contributed by atoms with Crippen molar-refractivity contribution in [2.45, 2.75) is 13.3 Å². The Morgan fingerprint density at radius 3 is 2.35 bits per heavy atom. The summed E-state index contributed by atoms with van der Waals surface area (Å²) in [6.07, 6.45) is -4.89. The molecule has 0 aliphatic carbocycles. The number of benzene rings is 3. The molecule has 3 aromatic carbocycles. The highest BCUT2D eigenvalue weighted by Crippen LogP contribution is 2.35. The van der Waals surface area contributed by atoms with E-state index in [2.05, 4.69) is 30.7 Å². The number of hydrogen-bond donors (Lipinski definition) is 3. The molecule has 3 N–H and O–H groups in total. The van der Waals surface area contributed by atoms with Gasteiger partial charge in [-0.1, -0.05) is 24.3 Å². The maximum absolute atomic E-state index is 12.8. The summed E-state index contributed by atoms with van der Waals surface area (Å²) >= 11 is 0. The second kappa shape index (κ2) is 12.4. The van der Waals surface area contributed by atoms with Crippen LogP contribution in [0, 0.1) is 6.92 Å². The minimum Gasteiger partial charge on any atom is -0.495 e. The monoisotopic (exact) mass is 557 g/mol. The highest BCUT2D eigenvalue weighted by atomic mass is 19.4. The van der Waals surface area contributed by atoms with E-state index >= 15 is 0 Å². The number of anilines is 3. The van der Waals surface area contributed by atoms with Crippen molar-refractivity contribution >= 4 is 34.1 Å². The summed E-state index contributed by atoms with van der Waals surface area (Å²) in [5.41, 5.74) is 1.12. The van der Waals surface area contributed by atoms with E-state index in [4.69, 9.17) is 14.2 Å². The Balaban J connectivity index is 1.55. The molecule has 0 bridgehead atoms. The number of hydrogen-bond acceptors (Lipinski definition) is 8. The molecule has 13 heteroatoms. The molecular formula is C27H26F3N5O5. The number of nitrogens with zero attached hydrogens (tertiary/aromatic N) is 2. The van der Waals surface area contributed by atoms with Crippen LogP contribution in [-0.4, -0.2) is 49.7 Å². The molecule has 0 saturated heterocycles. The summed E-state index contributed by atoms with van der Waals surface area (Å²) in [5, 5.41) is 9.63. The first kappa shape index (κ1) is 28.2. The molecule has 4 aromatic rings. The predicted octanol–water partition coefficient (Wildman–Crippen LogP) is 6.34. The molecule has 40 heavy (non-hydrogen) atoms. The van der Waals surface area contributed by atoms with Gasteiger partial charge >= 0.3 is 12.4 Å². The van der Waals surface area contributed by atoms with Crippen LogP contribution in [0.3, 0.4) is 0 Å². The lowest BCUT2D eigenvalue weighted by molar-refractivity contribution is -0.274. The highest BCUT2D eigenvalue weighted by Gasteiger charge is 2.31. The standard InChI is InChI=1S/C27H26F3N5O5/c1-16-14-24(35-25(32-16)31-12-13-37-2)39-22-11-9-20(18-6-4-5-7-19(18)22)33-26(36)34-21-15-17(40-27(28,29)30)8-10-23(21)38-3/h4-11,14-15H,12-13H2,1-3H3,(H,31,32,35)(H2,33,34,36). The van der Waals surface area contributed by atoms with Gasteiger partial charge in [0.1, 0.15) is 17.2 Å². The molecular weight excluding hydrogens is 531 g/mol. The first-order valence-electron chi connectivity index (χ1n) is 11.9. The molecule has 1 aromatic heterocycles. The summed E-state index contributed by atoms with van der Waals surface area (Å²) in [7, 11) is 2.93. The lowest BCUT2D eigenvalue weighted by Crippen LogP contribution is -2.21. The number of methoxy groups -OCH3 is 2. The highest BCUT2D eigenvalue weighted by molar-refractivity contribution is 6.08. The first-order valence-corrected chi connectivity index (χ1v) is 11.9. The zero-order valence-corrected chi connectivity index (χ0v) is 21.8. The van der Waals surface area contributed by atoms with Gasteiger partial charge in [0.05, 0.1) is 25.1 Å². The van der Waals surface area contributed by atoms with Crippen molar-refractivity contribution in [2.75, 3.05) is 43.3 Å². The normalized spacial score (nSPS) is 11.2. The molecule has 0 saturated carbocycles. The number of alkyl halides is 3. The number of amides is 2. The van der Waals surface area contributed by atoms with Gasteiger partial charge in [-0.15, -0.1) is 13.2 Å². The zero-order chi connectivity index (χ0) is 28.7. The fraction of sp³-hybridized carbons (Fsp3) is 0.222. The van der Waals surface area contributed by atoms with E-state index in [9.17, 15) is 18.0 Å². The molecule has 0 aliphatic heterocycles. The molecule has 210 valence electrons. The van der Waals surface area contributed by atoms with Crippen LogP contribution in [0.1, 0.15) is 5.69 Å². The van der Waals surface area contributed by atoms with Crippen molar-refractivity contribution < 1.29 is 36.9 Å². The maximum atomic E-state index is 12.8. The summed E-state index contributed by atoms with van der Waals surface area (Å²) in [4.78, 5) is 21.6. The number of halogens is 3. The van der Waals surface area contributed by atoms with Gasteiger partial charge in [-0.05, 0) is 31.2 Å². The van der Waals surface area contributed by atoms with Crippen LogP contribution in [-0.2, 0) is 4.74 Å². The number of carbonyl (C=O) groups is 1. The lowest BCUT2D eigenvalue weighted by atomic mass is 10.1. The Morgan fingerprint density at radius 1 is 0.900 bits per heavy atom. The summed E-state index contributed by atoms with van der Waals surface area (Å²) in [6, 6.07) is 14.9. The van der Waals surface area contributed by atoms with Crippen molar-refractivity contribution in [3.63, 3.8) is 0 Å². The second-order valence-corrected chi connectivity index (χ2v) is 8.34. The van der Waals surface area contributed by atoms with Crippen LogP contribution in [0.2, 0.25) is 0 Å². The Kier molecular flexibility index (Phi) is 8.74. The van der Waals surface area contributed by atoms with Crippen molar-refractivity contribution in [2.24, 2.45) is 0 Å². The van der Waals surface area contributed by atoms with Gasteiger partial charge in [0.2, 0.25) is 11.8 Å². The average molecular weight is 558 g/mol. The summed E-state index contributed by atoms with van der Waals surface area (Å²) < 4.78 is 58.2. The van der Waals surface area contributed by atoms with E-state index < -0.39 is 18.1 Å². The Labute approximate surface area is 227 Å². The SMILES string of the molecule is COCCNc1nc(C)cc(Oc2ccc(NC(=O)Nc3cc(OC(F)(F)F)ccc3OC)c3ccccc23)n1. The van der Waals surface area contributed by atoms with Gasteiger partial charge in [-0.25, -0.2) is 9.78 Å². The van der Waals surface area contributed by atoms with E-state index in [0.717, 1.165) is 12.1 Å². The van der Waals surface area contributed by atoms with E-state index in [0.29, 0.717) is 52.9 Å². The molecule has 2 amide bonds. The number of aryl methyl sites for hydroxylation is 1. The van der Waals surface area contributed by atoms with Crippen LogP contribution in [0.4, 0.5) is 35.3 Å². The summed E-state index contributed by atoms with van der Waals surface area (Å²) in [6.45, 7) is 2.83. The molecule has 1 heterocycles. The van der Waals surface area contributed by atoms with E-state index in [1.54, 1.807) is 37.4 Å². The molecule has 0 radical (unpaired) electrons. The Bertz CT molecular complexity index is 1500. The van der Waals surface area contributed by atoms with Crippen LogP contribution in [0.15, 0.2) is 60.7 Å². The lowest BCUT2D eigenvalue weighted by Gasteiger charge is -2.16. The fourth-order valence-corrected chi connectivity index (χ4v) is 3.78. The number of ether oxygens (including phenoxy) is 4. The molecule has 0 unspecified atom stereocenters. The summed E-state index contributed by atoms with van der Waals surface area (Å²) in [5.74, 6) is 0.846. The van der Waals surface area contributed by atoms with E-state index in [1.165, 1.54) is 13.2 Å². The zero-order valence-electron chi connectivity index (χ0n) is 21.8. The van der Waals surface area contributed by atoms with Crippen molar-refractivity contribution in [1.82, 2.24) is 9.97 Å². The van der Waals surface area contributed by atoms with Gasteiger partial charge in [-0.3, -0.25) is 0 Å². The predicted molar refractivity (Wildman–Crippen MR) is 143 cm³/mol. The van der Waals surface area contributed by atoms with Crippen LogP contribution >= 0.6 is 0 Å². The Hall–Kier alpha value is -4.78. The first-order chi connectivity index (χ1) is 19.1. The third-order valence-electron chi connectivity index (χ3n) is 5.42. The quantitative estimate of drug-likeness (QED) is 0.194. The largest absolute Gasteiger partial charge is 0.573 e. The maximum Gasteiger partial charge on any atom is 0.573 e. The molecule has 10 nitrogen and oxygen atoms in total. The number of rotatable bonds is 10. The molecule has 4 rings (SSSR count). The molecule has 0 fully saturated rings. The van der Waals surface area contributed by atoms with Gasteiger partial charge < -0.3 is 34.9 Å². The van der Waals surface area contributed by atoms with Gasteiger partial charge in [0.15, 0.2) is 0 Å². The van der Waals surface area contributed by atoms with Crippen molar-refractivity contribution in [3.8, 4) is 23.1 Å². The molecule has 0 atom stereocenters. The van der Waals surface area contributed by atoms with E-state index in [-0.39, 0.29) is 11.4 Å². The second-order valence-electron chi connectivity index (χ2n) is 8.34. The average Bonchev–Trinajstić information content (AvgIpc) is 2.89.